The highest BCUT2D eigenvalue weighted by Gasteiger charge is 2.21. The number of benzene rings is 2. The molecule has 10 nitrogen and oxygen atoms in total. The Morgan fingerprint density at radius 2 is 1.71 bits per heavy atom. The number of nitrogens with one attached hydrogen (secondary N) is 1. The Kier molecular flexibility index (Phi) is 7.11. The summed E-state index contributed by atoms with van der Waals surface area (Å²) in [5.41, 5.74) is 7.12. The summed E-state index contributed by atoms with van der Waals surface area (Å²) in [5, 5.41) is 27.1. The number of fused-ring (bicyclic) bond motifs is 1. The number of aryl methyl sites for hydroxylation is 1. The van der Waals surface area contributed by atoms with Gasteiger partial charge in [0.25, 0.3) is 0 Å². The van der Waals surface area contributed by atoms with Gasteiger partial charge in [-0.1, -0.05) is 61.9 Å². The van der Waals surface area contributed by atoms with E-state index >= 15 is 0 Å². The maximum absolute atomic E-state index is 12.6. The van der Waals surface area contributed by atoms with Crippen molar-refractivity contribution in [1.82, 2.24) is 35.2 Å². The summed E-state index contributed by atoms with van der Waals surface area (Å²) >= 11 is 0. The molecule has 6 rings (SSSR count). The number of imidazole rings is 1. The van der Waals surface area contributed by atoms with Crippen LogP contribution in [0.25, 0.3) is 44.9 Å². The number of hydrogen-bond acceptors (Lipinski definition) is 7. The Bertz CT molecular complexity index is 1790. The molecule has 0 radical (unpaired) electrons. The van der Waals surface area contributed by atoms with Crippen molar-refractivity contribution in [3.05, 3.63) is 95.6 Å². The number of unbranched alkanes of at least 4 members (excludes halogenated alkanes) is 1. The predicted molar refractivity (Wildman–Crippen MR) is 159 cm³/mol. The number of hydrogen-bond donors (Lipinski definition) is 1. The fourth-order valence-electron chi connectivity index (χ4n) is 5.13. The van der Waals surface area contributed by atoms with E-state index in [2.05, 4.69) is 62.4 Å². The molecule has 41 heavy (non-hydrogen) atoms. The van der Waals surface area contributed by atoms with Gasteiger partial charge in [-0.2, -0.15) is 4.73 Å². The average molecular weight is 546 g/mol. The third-order valence-electron chi connectivity index (χ3n) is 7.19. The monoisotopic (exact) mass is 545 g/mol. The van der Waals surface area contributed by atoms with Gasteiger partial charge in [-0.05, 0) is 45.7 Å². The standard InChI is InChI=1S/C31H31N9O/c1-4-5-13-28-32-26-19-25(27-12-8-9-18-40(27)41)30(38(2)3)33-31(26)39(28)20-21-14-16-22(17-15-21)23-10-6-7-11-24(23)29-34-36-37-35-29/h6-12,14-19H,4-5,13,20H2,1-3H3,(H,34,35,36,37). The van der Waals surface area contributed by atoms with Crippen molar-refractivity contribution in [2.75, 3.05) is 19.0 Å². The van der Waals surface area contributed by atoms with Gasteiger partial charge in [0.1, 0.15) is 17.2 Å². The third-order valence-corrected chi connectivity index (χ3v) is 7.19. The van der Waals surface area contributed by atoms with Crippen LogP contribution in [0.15, 0.2) is 79.0 Å². The minimum atomic E-state index is 0.548. The van der Waals surface area contributed by atoms with Crippen molar-refractivity contribution in [2.24, 2.45) is 0 Å². The SMILES string of the molecule is CCCCc1nc2cc(-c3cccc[n+]3[O-])c(N(C)C)nc2n1Cc1ccc(-c2ccccc2-c2nnn[nH]2)cc1. The van der Waals surface area contributed by atoms with Crippen molar-refractivity contribution in [3.8, 4) is 33.8 Å². The molecular weight excluding hydrogens is 514 g/mol. The van der Waals surface area contributed by atoms with E-state index in [0.29, 0.717) is 18.1 Å². The van der Waals surface area contributed by atoms with Crippen LogP contribution in [0.5, 0.6) is 0 Å². The molecule has 10 heteroatoms. The molecule has 206 valence electrons. The van der Waals surface area contributed by atoms with Gasteiger partial charge in [-0.25, -0.2) is 15.1 Å². The summed E-state index contributed by atoms with van der Waals surface area (Å²) in [4.78, 5) is 12.0. The van der Waals surface area contributed by atoms with Crippen LogP contribution in [0.2, 0.25) is 0 Å². The van der Waals surface area contributed by atoms with Crippen molar-refractivity contribution in [3.63, 3.8) is 0 Å². The predicted octanol–water partition coefficient (Wildman–Crippen LogP) is 5.04. The van der Waals surface area contributed by atoms with E-state index in [1.807, 2.05) is 55.4 Å². The van der Waals surface area contributed by atoms with Gasteiger partial charge in [0, 0.05) is 38.2 Å². The first-order chi connectivity index (χ1) is 20.0. The lowest BCUT2D eigenvalue weighted by Gasteiger charge is -2.17. The molecule has 0 bridgehead atoms. The lowest BCUT2D eigenvalue weighted by Crippen LogP contribution is -2.28. The molecule has 2 aromatic carbocycles. The van der Waals surface area contributed by atoms with Gasteiger partial charge >= 0.3 is 0 Å². The molecular formula is C31H31N9O. The highest BCUT2D eigenvalue weighted by molar-refractivity contribution is 5.85. The Hall–Kier alpha value is -5.12. The molecule has 0 unspecified atom stereocenters. The topological polar surface area (TPSA) is 115 Å². The van der Waals surface area contributed by atoms with Gasteiger partial charge in [-0.15, -0.1) is 5.10 Å². The van der Waals surface area contributed by atoms with E-state index in [1.54, 1.807) is 6.07 Å². The maximum atomic E-state index is 12.6. The van der Waals surface area contributed by atoms with Crippen LogP contribution >= 0.6 is 0 Å². The number of aromatic amines is 1. The second-order valence-electron chi connectivity index (χ2n) is 10.2. The molecule has 4 heterocycles. The zero-order valence-corrected chi connectivity index (χ0v) is 23.3. The molecule has 0 atom stereocenters. The summed E-state index contributed by atoms with van der Waals surface area (Å²) in [6.45, 7) is 2.82. The highest BCUT2D eigenvalue weighted by atomic mass is 16.5. The summed E-state index contributed by atoms with van der Waals surface area (Å²) in [6.07, 6.45) is 4.46. The molecule has 0 aliphatic carbocycles. The molecule has 0 saturated heterocycles. The number of tetrazole rings is 1. The summed E-state index contributed by atoms with van der Waals surface area (Å²) in [7, 11) is 3.89. The Morgan fingerprint density at radius 1 is 0.927 bits per heavy atom. The number of anilines is 1. The quantitative estimate of drug-likeness (QED) is 0.200. The number of nitrogens with zero attached hydrogens (tertiary/aromatic N) is 8. The van der Waals surface area contributed by atoms with E-state index in [9.17, 15) is 5.21 Å². The van der Waals surface area contributed by atoms with Crippen molar-refractivity contribution in [1.29, 1.82) is 0 Å². The van der Waals surface area contributed by atoms with Gasteiger partial charge in [0.2, 0.25) is 5.69 Å². The fourth-order valence-corrected chi connectivity index (χ4v) is 5.13. The normalized spacial score (nSPS) is 11.3. The van der Waals surface area contributed by atoms with Crippen LogP contribution < -0.4 is 9.63 Å². The smallest absolute Gasteiger partial charge is 0.227 e. The van der Waals surface area contributed by atoms with Gasteiger partial charge in [0.15, 0.2) is 17.7 Å². The van der Waals surface area contributed by atoms with Crippen molar-refractivity contribution < 1.29 is 4.73 Å². The first-order valence-electron chi connectivity index (χ1n) is 13.7. The van der Waals surface area contributed by atoms with Gasteiger partial charge in [-0.3, -0.25) is 0 Å². The molecule has 4 aromatic heterocycles. The number of H-pyrrole nitrogens is 1. The zero-order chi connectivity index (χ0) is 28.3. The summed E-state index contributed by atoms with van der Waals surface area (Å²) in [6, 6.07) is 24.0. The molecule has 0 aliphatic rings. The lowest BCUT2D eigenvalue weighted by molar-refractivity contribution is -0.593. The van der Waals surface area contributed by atoms with Crippen LogP contribution in [0.3, 0.4) is 0 Å². The van der Waals surface area contributed by atoms with Crippen LogP contribution in [-0.4, -0.2) is 49.3 Å². The maximum Gasteiger partial charge on any atom is 0.227 e. The Balaban J connectivity index is 1.40. The van der Waals surface area contributed by atoms with E-state index in [-0.39, 0.29) is 0 Å². The summed E-state index contributed by atoms with van der Waals surface area (Å²) < 4.78 is 3.09. The Labute approximate surface area is 237 Å². The first kappa shape index (κ1) is 26.1. The second kappa shape index (κ2) is 11.2. The van der Waals surface area contributed by atoms with Crippen LogP contribution in [0.4, 0.5) is 5.82 Å². The second-order valence-corrected chi connectivity index (χ2v) is 10.2. The first-order valence-corrected chi connectivity index (χ1v) is 13.7. The number of pyridine rings is 2. The molecule has 0 saturated carbocycles. The fraction of sp³-hybridized carbons (Fsp3) is 0.226. The van der Waals surface area contributed by atoms with Crippen LogP contribution in [-0.2, 0) is 13.0 Å². The molecule has 6 aromatic rings. The van der Waals surface area contributed by atoms with E-state index in [1.165, 1.54) is 6.20 Å². The molecule has 0 spiro atoms. The highest BCUT2D eigenvalue weighted by Crippen LogP contribution is 2.32. The van der Waals surface area contributed by atoms with Crippen LogP contribution in [0, 0.1) is 5.21 Å². The van der Waals surface area contributed by atoms with Gasteiger partial charge in [0.05, 0.1) is 12.1 Å². The lowest BCUT2D eigenvalue weighted by atomic mass is 9.98. The van der Waals surface area contributed by atoms with E-state index < -0.39 is 0 Å². The molecule has 0 aliphatic heterocycles. The molecule has 1 N–H and O–H groups in total. The zero-order valence-electron chi connectivity index (χ0n) is 23.3. The van der Waals surface area contributed by atoms with Crippen molar-refractivity contribution >= 4 is 17.0 Å². The largest absolute Gasteiger partial charge is 0.618 e. The van der Waals surface area contributed by atoms with Gasteiger partial charge < -0.3 is 14.7 Å². The molecule has 0 amide bonds. The minimum absolute atomic E-state index is 0.548. The Morgan fingerprint density at radius 3 is 2.41 bits per heavy atom. The number of aromatic nitrogens is 8. The van der Waals surface area contributed by atoms with E-state index in [0.717, 1.165) is 74.6 Å². The third kappa shape index (κ3) is 5.11. The molecule has 0 fully saturated rings. The van der Waals surface area contributed by atoms with Crippen LogP contribution in [0.1, 0.15) is 31.2 Å². The van der Waals surface area contributed by atoms with E-state index in [4.69, 9.17) is 9.97 Å². The summed E-state index contributed by atoms with van der Waals surface area (Å²) in [5.74, 6) is 2.35. The number of rotatable bonds is 9. The van der Waals surface area contributed by atoms with Crippen molar-refractivity contribution in [2.45, 2.75) is 32.7 Å². The minimum Gasteiger partial charge on any atom is -0.618 e. The average Bonchev–Trinajstić information content (AvgIpc) is 3.64.